The van der Waals surface area contributed by atoms with Crippen molar-refractivity contribution in [2.45, 2.75) is 71.3 Å². The van der Waals surface area contributed by atoms with E-state index in [4.69, 9.17) is 4.74 Å². The monoisotopic (exact) mass is 549 g/mol. The maximum Gasteiger partial charge on any atom is 0.414 e. The van der Waals surface area contributed by atoms with Gasteiger partial charge in [0, 0.05) is 24.9 Å². The summed E-state index contributed by atoms with van der Waals surface area (Å²) in [5.74, 6) is -2.37. The van der Waals surface area contributed by atoms with Crippen LogP contribution in [0, 0.1) is 40.9 Å². The second-order valence-electron chi connectivity index (χ2n) is 11.0. The zero-order valence-electron chi connectivity index (χ0n) is 23.5. The van der Waals surface area contributed by atoms with Crippen LogP contribution in [0.5, 0.6) is 0 Å². The molecule has 3 saturated carbocycles. The van der Waals surface area contributed by atoms with Crippen molar-refractivity contribution in [1.82, 2.24) is 4.90 Å². The van der Waals surface area contributed by atoms with Gasteiger partial charge in [0.05, 0.1) is 17.8 Å². The molecule has 0 heterocycles. The molecule has 8 atom stereocenters. The highest BCUT2D eigenvalue weighted by Crippen LogP contribution is 2.72. The third-order valence-corrected chi connectivity index (χ3v) is 9.67. The molecule has 0 aromatic carbocycles. The lowest BCUT2D eigenvalue weighted by molar-refractivity contribution is -0.212. The number of carbonyl (C=O) groups is 3. The van der Waals surface area contributed by atoms with Crippen molar-refractivity contribution in [1.29, 1.82) is 0 Å². The highest BCUT2D eigenvalue weighted by atomic mass is 19.1. The lowest BCUT2D eigenvalue weighted by Gasteiger charge is -2.63. The van der Waals surface area contributed by atoms with Gasteiger partial charge in [0.1, 0.15) is 12.8 Å². The summed E-state index contributed by atoms with van der Waals surface area (Å²) >= 11 is 0. The number of aliphatic hydroxyl groups is 2. The van der Waals surface area contributed by atoms with Crippen molar-refractivity contribution in [2.75, 3.05) is 20.2 Å². The molecule has 4 aliphatic carbocycles. The first kappa shape index (κ1) is 32.4. The van der Waals surface area contributed by atoms with E-state index in [1.165, 1.54) is 31.0 Å². The summed E-state index contributed by atoms with van der Waals surface area (Å²) in [6.45, 7) is 9.76. The van der Waals surface area contributed by atoms with Crippen molar-refractivity contribution < 1.29 is 38.1 Å². The second-order valence-corrected chi connectivity index (χ2v) is 11.0. The zero-order valence-corrected chi connectivity index (χ0v) is 23.5. The highest BCUT2D eigenvalue weighted by molar-refractivity contribution is 6.01. The van der Waals surface area contributed by atoms with Gasteiger partial charge >= 0.3 is 6.09 Å². The normalized spacial score (nSPS) is 39.7. The fraction of sp³-hybridized carbons (Fsp3) is 0.633. The lowest BCUT2D eigenvalue weighted by atomic mass is 9.43. The molecule has 0 radical (unpaired) electrons. The number of nitrogens with zero attached hydrogens (tertiary/aromatic N) is 1. The predicted octanol–water partition coefficient (Wildman–Crippen LogP) is 4.34. The van der Waals surface area contributed by atoms with Crippen LogP contribution in [0.25, 0.3) is 0 Å². The number of terminal acetylenes is 1. The summed E-state index contributed by atoms with van der Waals surface area (Å²) in [6, 6.07) is 0. The number of rotatable bonds is 5. The van der Waals surface area contributed by atoms with Crippen molar-refractivity contribution in [3.8, 4) is 12.8 Å². The predicted molar refractivity (Wildman–Crippen MR) is 144 cm³/mol. The van der Waals surface area contributed by atoms with Gasteiger partial charge in [0.25, 0.3) is 0 Å². The fourth-order valence-corrected chi connectivity index (χ4v) is 7.91. The summed E-state index contributed by atoms with van der Waals surface area (Å²) in [4.78, 5) is 38.8. The third-order valence-electron chi connectivity index (χ3n) is 9.67. The Morgan fingerprint density at radius 2 is 1.90 bits per heavy atom. The van der Waals surface area contributed by atoms with Gasteiger partial charge in [0.15, 0.2) is 17.2 Å². The first-order valence-electron chi connectivity index (χ1n) is 13.3. The van der Waals surface area contributed by atoms with Gasteiger partial charge in [-0.25, -0.2) is 13.6 Å². The van der Waals surface area contributed by atoms with Gasteiger partial charge in [-0.2, -0.15) is 0 Å². The molecule has 39 heavy (non-hydrogen) atoms. The van der Waals surface area contributed by atoms with Crippen LogP contribution in [-0.4, -0.2) is 70.9 Å². The van der Waals surface area contributed by atoms with Crippen LogP contribution in [-0.2, 0) is 14.3 Å². The van der Waals surface area contributed by atoms with Crippen LogP contribution in [0.1, 0.15) is 53.4 Å². The van der Waals surface area contributed by atoms with Crippen LogP contribution in [0.4, 0.5) is 13.6 Å². The summed E-state index contributed by atoms with van der Waals surface area (Å²) < 4.78 is 37.6. The first-order valence-corrected chi connectivity index (χ1v) is 13.3. The molecule has 7 nitrogen and oxygen atoms in total. The zero-order chi connectivity index (χ0) is 30.0. The minimum Gasteiger partial charge on any atom is -0.419 e. The summed E-state index contributed by atoms with van der Waals surface area (Å²) in [5.41, 5.74) is -6.05. The maximum absolute atomic E-state index is 17.2. The number of halogens is 2. The standard InChI is InChI=1S/C26H33F2NO6.C2H6.C2H2/c1-5-35-22(34)29(4)14-25(21(33)13-30)9-7-16-17-11-19(27)18-10-15(31)6-8-23(18,2)26(17,28)20(32)12-24(16,25)3;2*1-2/h5-6,8,10,16-17,19-20,30,32H,1,7,9,11-14H2,2-4H3;1-2H3;1-2H/t16?,17-,19-,20-,23-,24-,25-,26-;;/m0../s1. The topological polar surface area (TPSA) is 104 Å². The molecule has 2 N–H and O–H groups in total. The van der Waals surface area contributed by atoms with Crippen molar-refractivity contribution in [3.63, 3.8) is 0 Å². The minimum atomic E-state index is -2.26. The van der Waals surface area contributed by atoms with Gasteiger partial charge in [-0.1, -0.05) is 33.4 Å². The van der Waals surface area contributed by atoms with E-state index in [0.717, 1.165) is 12.3 Å². The van der Waals surface area contributed by atoms with Crippen LogP contribution < -0.4 is 0 Å². The van der Waals surface area contributed by atoms with E-state index in [1.807, 2.05) is 13.8 Å². The van der Waals surface area contributed by atoms with Crippen LogP contribution in [0.15, 0.2) is 36.6 Å². The van der Waals surface area contributed by atoms with E-state index in [1.54, 1.807) is 6.92 Å². The summed E-state index contributed by atoms with van der Waals surface area (Å²) in [7, 11) is 1.45. The number of allylic oxidation sites excluding steroid dienone is 4. The molecule has 0 aromatic rings. The SMILES string of the molecule is C#C.C=COC(=O)N(C)C[C@]1(C(=O)CO)CCC2[C@@H]3C[C@H](F)C4=CC(=O)C=C[C@]4(C)[C@@]3(F)[C@@H](O)C[C@@]21C.CC. The molecule has 4 rings (SSSR count). The van der Waals surface area contributed by atoms with E-state index in [2.05, 4.69) is 19.4 Å². The van der Waals surface area contributed by atoms with Crippen molar-refractivity contribution in [2.24, 2.45) is 28.1 Å². The van der Waals surface area contributed by atoms with Gasteiger partial charge in [-0.3, -0.25) is 9.59 Å². The molecular formula is C30H41F2NO6. The van der Waals surface area contributed by atoms with E-state index < -0.39 is 70.3 Å². The van der Waals surface area contributed by atoms with Crippen LogP contribution >= 0.6 is 0 Å². The largest absolute Gasteiger partial charge is 0.419 e. The molecule has 0 aromatic heterocycles. The molecule has 1 unspecified atom stereocenters. The Morgan fingerprint density at radius 1 is 1.28 bits per heavy atom. The van der Waals surface area contributed by atoms with Crippen molar-refractivity contribution in [3.05, 3.63) is 36.6 Å². The molecule has 0 aliphatic heterocycles. The summed E-state index contributed by atoms with van der Waals surface area (Å²) in [6.07, 6.45) is 9.06. The molecule has 0 saturated heterocycles. The smallest absolute Gasteiger partial charge is 0.414 e. The van der Waals surface area contributed by atoms with Crippen LogP contribution in [0.2, 0.25) is 0 Å². The number of ether oxygens (including phenoxy) is 1. The van der Waals surface area contributed by atoms with Gasteiger partial charge in [0.2, 0.25) is 0 Å². The Morgan fingerprint density at radius 3 is 2.46 bits per heavy atom. The fourth-order valence-electron chi connectivity index (χ4n) is 7.91. The van der Waals surface area contributed by atoms with Crippen LogP contribution in [0.3, 0.4) is 0 Å². The highest BCUT2D eigenvalue weighted by Gasteiger charge is 2.75. The Bertz CT molecular complexity index is 1070. The number of carbonyl (C=O) groups excluding carboxylic acids is 3. The number of hydrogen-bond acceptors (Lipinski definition) is 6. The third kappa shape index (κ3) is 4.55. The van der Waals surface area contributed by atoms with E-state index in [0.29, 0.717) is 6.42 Å². The Hall–Kier alpha value is -2.83. The van der Waals surface area contributed by atoms with Gasteiger partial charge < -0.3 is 19.8 Å². The molecule has 4 aliphatic rings. The number of aliphatic hydroxyl groups excluding tert-OH is 2. The Labute approximate surface area is 230 Å². The molecular weight excluding hydrogens is 508 g/mol. The summed E-state index contributed by atoms with van der Waals surface area (Å²) in [5, 5.41) is 21.3. The Balaban J connectivity index is 0.00000127. The number of ketones is 2. The van der Waals surface area contributed by atoms with E-state index in [9.17, 15) is 24.6 Å². The second kappa shape index (κ2) is 11.7. The molecule has 216 valence electrons. The maximum atomic E-state index is 17.2. The molecule has 9 heteroatoms. The van der Waals surface area contributed by atoms with Gasteiger partial charge in [-0.15, -0.1) is 12.8 Å². The number of hydrogen-bond donors (Lipinski definition) is 2. The minimum absolute atomic E-state index is 0.0361. The molecule has 1 amide bonds. The average Bonchev–Trinajstić information content (AvgIpc) is 3.21. The quantitative estimate of drug-likeness (QED) is 0.391. The molecule has 0 spiro atoms. The molecule has 3 fully saturated rings. The van der Waals surface area contributed by atoms with Crippen molar-refractivity contribution >= 4 is 17.7 Å². The van der Waals surface area contributed by atoms with E-state index in [-0.39, 0.29) is 31.4 Å². The number of alkyl halides is 2. The molecule has 0 bridgehead atoms. The average molecular weight is 550 g/mol. The number of fused-ring (bicyclic) bond motifs is 5. The van der Waals surface area contributed by atoms with E-state index >= 15 is 8.78 Å². The number of Topliss-reactive ketones (excluding diaryl/α,β-unsaturated/α-hetero) is 1. The number of amides is 1. The lowest BCUT2D eigenvalue weighted by Crippen LogP contribution is -2.70. The first-order chi connectivity index (χ1) is 18.3. The Kier molecular flexibility index (Phi) is 9.74. The van der Waals surface area contributed by atoms with Gasteiger partial charge in [-0.05, 0) is 61.7 Å².